The number of likely N-dealkylation sites (tertiary alicyclic amines) is 1. The topological polar surface area (TPSA) is 66.5 Å². The maximum Gasteiger partial charge on any atom is 0.291 e. The number of hydrogen-bond acceptors (Lipinski definition) is 3. The largest absolute Gasteiger partial charge is 0.354 e. The number of carbonyl (C=O) groups excluding carboxylic acids is 3. The lowest BCUT2D eigenvalue weighted by atomic mass is 9.84. The molecule has 1 aliphatic heterocycles. The van der Waals surface area contributed by atoms with Crippen molar-refractivity contribution in [2.75, 3.05) is 13.1 Å². The van der Waals surface area contributed by atoms with Gasteiger partial charge in [-0.3, -0.25) is 14.4 Å². The molecule has 1 aromatic rings. The molecule has 0 unspecified atom stereocenters. The normalized spacial score (nSPS) is 17.1. The zero-order chi connectivity index (χ0) is 21.3. The van der Waals surface area contributed by atoms with Crippen molar-refractivity contribution in [1.82, 2.24) is 10.2 Å². The predicted octanol–water partition coefficient (Wildman–Crippen LogP) is 3.90. The molecule has 0 aliphatic carbocycles. The highest BCUT2D eigenvalue weighted by Crippen LogP contribution is 2.25. The first kappa shape index (κ1) is 23.1. The number of hydrogen-bond donors (Lipinski definition) is 1. The lowest BCUT2D eigenvalue weighted by Gasteiger charge is -2.36. The average Bonchev–Trinajstić information content (AvgIpc) is 2.75. The van der Waals surface area contributed by atoms with Crippen molar-refractivity contribution in [3.05, 3.63) is 35.9 Å². The summed E-state index contributed by atoms with van der Waals surface area (Å²) in [6.45, 7) is 6.59. The number of carbonyl (C=O) groups is 3. The Labute approximate surface area is 175 Å². The molecule has 0 spiro atoms. The Hall–Kier alpha value is -2.17. The molecule has 29 heavy (non-hydrogen) atoms. The number of rotatable bonds is 10. The van der Waals surface area contributed by atoms with Crippen molar-refractivity contribution in [1.29, 1.82) is 0 Å². The van der Waals surface area contributed by atoms with E-state index in [1.807, 2.05) is 13.0 Å². The fraction of sp³-hybridized carbons (Fsp3) is 0.625. The van der Waals surface area contributed by atoms with Crippen LogP contribution in [0.4, 0.5) is 0 Å². The number of nitrogens with one attached hydrogen (secondary N) is 1. The molecular weight excluding hydrogens is 364 g/mol. The van der Waals surface area contributed by atoms with Crippen molar-refractivity contribution in [3.63, 3.8) is 0 Å². The molecule has 1 atom stereocenters. The Kier molecular flexibility index (Phi) is 8.87. The van der Waals surface area contributed by atoms with Gasteiger partial charge in [0, 0.05) is 18.5 Å². The van der Waals surface area contributed by atoms with Crippen LogP contribution in [0.1, 0.15) is 71.3 Å². The van der Waals surface area contributed by atoms with Crippen LogP contribution in [0.5, 0.6) is 0 Å². The summed E-state index contributed by atoms with van der Waals surface area (Å²) < 4.78 is 0. The highest BCUT2D eigenvalue weighted by Gasteiger charge is 2.39. The maximum atomic E-state index is 12.8. The van der Waals surface area contributed by atoms with E-state index in [0.717, 1.165) is 38.5 Å². The molecule has 1 fully saturated rings. The number of Topliss-reactive ketones (excluding diaryl/α,β-unsaturated/α-hetero) is 1. The van der Waals surface area contributed by atoms with Crippen LogP contribution in [0.2, 0.25) is 0 Å². The summed E-state index contributed by atoms with van der Waals surface area (Å²) >= 11 is 0. The third-order valence-corrected chi connectivity index (χ3v) is 6.04. The van der Waals surface area contributed by atoms with Gasteiger partial charge in [-0.15, -0.1) is 0 Å². The van der Waals surface area contributed by atoms with Crippen LogP contribution >= 0.6 is 0 Å². The molecule has 1 N–H and O–H groups in total. The summed E-state index contributed by atoms with van der Waals surface area (Å²) in [4.78, 5) is 39.6. The van der Waals surface area contributed by atoms with Gasteiger partial charge < -0.3 is 10.2 Å². The molecule has 2 amide bonds. The van der Waals surface area contributed by atoms with Gasteiger partial charge in [0.05, 0.1) is 0 Å². The van der Waals surface area contributed by atoms with Gasteiger partial charge in [0.2, 0.25) is 11.7 Å². The van der Waals surface area contributed by atoms with Gasteiger partial charge in [-0.1, -0.05) is 57.5 Å². The first-order chi connectivity index (χ1) is 13.9. The van der Waals surface area contributed by atoms with Gasteiger partial charge in [-0.2, -0.15) is 0 Å². The number of amides is 2. The highest BCUT2D eigenvalue weighted by molar-refractivity contribution is 6.38. The SMILES string of the molecule is CCC(C)(C)C(=O)C(=O)N1CCCC[C@H]1C(=O)NCCCCCc1ccccc1. The number of aryl methyl sites for hydroxylation is 1. The van der Waals surface area contributed by atoms with Crippen LogP contribution in [0.25, 0.3) is 0 Å². The van der Waals surface area contributed by atoms with E-state index in [1.165, 1.54) is 10.5 Å². The molecule has 1 aromatic carbocycles. The standard InChI is InChI=1S/C24H36N2O3/c1-4-24(2,3)21(27)23(29)26-18-12-10-16-20(26)22(28)25-17-11-6-9-15-19-13-7-5-8-14-19/h5,7-8,13-14,20H,4,6,9-12,15-18H2,1-3H3,(H,25,28)/t20-/m0/s1. The van der Waals surface area contributed by atoms with E-state index < -0.39 is 17.4 Å². The van der Waals surface area contributed by atoms with E-state index in [2.05, 4.69) is 29.6 Å². The van der Waals surface area contributed by atoms with E-state index in [1.54, 1.807) is 13.8 Å². The fourth-order valence-electron chi connectivity index (χ4n) is 3.63. The Balaban J connectivity index is 1.78. The monoisotopic (exact) mass is 400 g/mol. The van der Waals surface area contributed by atoms with Gasteiger partial charge >= 0.3 is 0 Å². The Morgan fingerprint density at radius 3 is 2.48 bits per heavy atom. The van der Waals surface area contributed by atoms with Crippen molar-refractivity contribution < 1.29 is 14.4 Å². The maximum absolute atomic E-state index is 12.8. The molecular formula is C24H36N2O3. The van der Waals surface area contributed by atoms with Crippen LogP contribution in [0.3, 0.4) is 0 Å². The molecule has 0 bridgehead atoms. The third-order valence-electron chi connectivity index (χ3n) is 6.04. The minimum absolute atomic E-state index is 0.122. The molecule has 5 nitrogen and oxygen atoms in total. The number of nitrogens with zero attached hydrogens (tertiary/aromatic N) is 1. The summed E-state index contributed by atoms with van der Waals surface area (Å²) in [5, 5.41) is 2.98. The third kappa shape index (κ3) is 6.69. The van der Waals surface area contributed by atoms with Crippen molar-refractivity contribution in [2.24, 2.45) is 5.41 Å². The summed E-state index contributed by atoms with van der Waals surface area (Å²) in [6, 6.07) is 9.89. The molecule has 2 rings (SSSR count). The summed E-state index contributed by atoms with van der Waals surface area (Å²) in [6.07, 6.45) is 7.09. The van der Waals surface area contributed by atoms with Crippen LogP contribution in [-0.4, -0.2) is 41.6 Å². The molecule has 1 aliphatic rings. The number of ketones is 1. The van der Waals surface area contributed by atoms with Gasteiger partial charge in [-0.05, 0) is 50.5 Å². The van der Waals surface area contributed by atoms with Crippen LogP contribution in [0, 0.1) is 5.41 Å². The average molecular weight is 401 g/mol. The Morgan fingerprint density at radius 1 is 1.07 bits per heavy atom. The summed E-state index contributed by atoms with van der Waals surface area (Å²) in [7, 11) is 0. The second-order valence-electron chi connectivity index (χ2n) is 8.66. The smallest absolute Gasteiger partial charge is 0.291 e. The van der Waals surface area contributed by atoms with Gasteiger partial charge in [0.15, 0.2) is 0 Å². The van der Waals surface area contributed by atoms with Gasteiger partial charge in [0.25, 0.3) is 5.91 Å². The van der Waals surface area contributed by atoms with E-state index >= 15 is 0 Å². The second-order valence-corrected chi connectivity index (χ2v) is 8.66. The minimum Gasteiger partial charge on any atom is -0.354 e. The lowest BCUT2D eigenvalue weighted by Crippen LogP contribution is -2.55. The van der Waals surface area contributed by atoms with Gasteiger partial charge in [0.1, 0.15) is 6.04 Å². The second kappa shape index (κ2) is 11.1. The lowest BCUT2D eigenvalue weighted by molar-refractivity contribution is -0.153. The zero-order valence-electron chi connectivity index (χ0n) is 18.2. The molecule has 0 radical (unpaired) electrons. The van der Waals surface area contributed by atoms with E-state index in [9.17, 15) is 14.4 Å². The molecule has 1 heterocycles. The number of piperidine rings is 1. The molecule has 5 heteroatoms. The molecule has 0 aromatic heterocycles. The summed E-state index contributed by atoms with van der Waals surface area (Å²) in [5.41, 5.74) is 0.654. The van der Waals surface area contributed by atoms with Gasteiger partial charge in [-0.25, -0.2) is 0 Å². The van der Waals surface area contributed by atoms with Crippen molar-refractivity contribution in [3.8, 4) is 0 Å². The molecule has 1 saturated heterocycles. The fourth-order valence-corrected chi connectivity index (χ4v) is 3.63. The van der Waals surface area contributed by atoms with Crippen LogP contribution in [-0.2, 0) is 20.8 Å². The van der Waals surface area contributed by atoms with E-state index in [-0.39, 0.29) is 11.7 Å². The first-order valence-electron chi connectivity index (χ1n) is 11.0. The highest BCUT2D eigenvalue weighted by atomic mass is 16.2. The van der Waals surface area contributed by atoms with Crippen molar-refractivity contribution >= 4 is 17.6 Å². The molecule has 0 saturated carbocycles. The predicted molar refractivity (Wildman–Crippen MR) is 115 cm³/mol. The van der Waals surface area contributed by atoms with Crippen LogP contribution < -0.4 is 5.32 Å². The van der Waals surface area contributed by atoms with E-state index in [0.29, 0.717) is 25.9 Å². The first-order valence-corrected chi connectivity index (χ1v) is 11.0. The Bertz CT molecular complexity index is 685. The molecule has 160 valence electrons. The van der Waals surface area contributed by atoms with E-state index in [4.69, 9.17) is 0 Å². The zero-order valence-corrected chi connectivity index (χ0v) is 18.2. The van der Waals surface area contributed by atoms with Crippen molar-refractivity contribution in [2.45, 2.75) is 78.2 Å². The Morgan fingerprint density at radius 2 is 1.79 bits per heavy atom. The number of benzene rings is 1. The summed E-state index contributed by atoms with van der Waals surface area (Å²) in [5.74, 6) is -1.01. The number of unbranched alkanes of at least 4 members (excludes halogenated alkanes) is 2. The van der Waals surface area contributed by atoms with Crippen LogP contribution in [0.15, 0.2) is 30.3 Å². The quantitative estimate of drug-likeness (QED) is 0.478. The minimum atomic E-state index is -0.686.